The van der Waals surface area contributed by atoms with E-state index < -0.39 is 0 Å². The highest BCUT2D eigenvalue weighted by Crippen LogP contribution is 2.14. The van der Waals surface area contributed by atoms with Crippen molar-refractivity contribution in [3.8, 4) is 0 Å². The summed E-state index contributed by atoms with van der Waals surface area (Å²) in [5.74, 6) is 1.43. The fraction of sp³-hybridized carbons (Fsp3) is 0.588. The standard InChI is InChI=1S/C17H25N5O2/c1-2-4-22-5-3-18-16(22)11-21-6-7-24-12-14(10-21)8-15-9-17(23)20-13-19-15/h3,5,9,13-14H,2,4,6-8,10-12H2,1H3,(H,19,20,23)/t14-/m1/s1. The second kappa shape index (κ2) is 8.21. The predicted octanol–water partition coefficient (Wildman–Crippen LogP) is 1.07. The summed E-state index contributed by atoms with van der Waals surface area (Å²) in [7, 11) is 0. The van der Waals surface area contributed by atoms with Gasteiger partial charge in [-0.3, -0.25) is 9.69 Å². The van der Waals surface area contributed by atoms with E-state index in [2.05, 4.69) is 31.3 Å². The van der Waals surface area contributed by atoms with Gasteiger partial charge in [-0.15, -0.1) is 0 Å². The number of nitrogens with one attached hydrogen (secondary N) is 1. The van der Waals surface area contributed by atoms with Crippen LogP contribution in [0.5, 0.6) is 0 Å². The van der Waals surface area contributed by atoms with Crippen LogP contribution in [0.1, 0.15) is 24.9 Å². The van der Waals surface area contributed by atoms with Crippen molar-refractivity contribution < 1.29 is 4.74 Å². The topological polar surface area (TPSA) is 76.0 Å². The molecular formula is C17H25N5O2. The summed E-state index contributed by atoms with van der Waals surface area (Å²) in [6.07, 6.45) is 7.24. The lowest BCUT2D eigenvalue weighted by Gasteiger charge is -2.23. The molecule has 0 unspecified atom stereocenters. The van der Waals surface area contributed by atoms with Crippen LogP contribution < -0.4 is 5.56 Å². The van der Waals surface area contributed by atoms with Gasteiger partial charge in [-0.25, -0.2) is 9.97 Å². The zero-order valence-electron chi connectivity index (χ0n) is 14.1. The van der Waals surface area contributed by atoms with Crippen molar-refractivity contribution in [1.29, 1.82) is 0 Å². The lowest BCUT2D eigenvalue weighted by Crippen LogP contribution is -2.32. The maximum atomic E-state index is 11.4. The molecule has 0 radical (unpaired) electrons. The van der Waals surface area contributed by atoms with E-state index in [1.807, 2.05) is 12.4 Å². The molecule has 1 atom stereocenters. The molecule has 3 heterocycles. The number of aryl methyl sites for hydroxylation is 1. The smallest absolute Gasteiger partial charge is 0.250 e. The average molecular weight is 331 g/mol. The quantitative estimate of drug-likeness (QED) is 0.857. The molecule has 2 aromatic rings. The molecule has 2 aromatic heterocycles. The maximum absolute atomic E-state index is 11.4. The van der Waals surface area contributed by atoms with E-state index in [9.17, 15) is 4.79 Å². The summed E-state index contributed by atoms with van der Waals surface area (Å²) in [6, 6.07) is 1.57. The molecule has 7 nitrogen and oxygen atoms in total. The van der Waals surface area contributed by atoms with Crippen LogP contribution >= 0.6 is 0 Å². The van der Waals surface area contributed by atoms with Gasteiger partial charge in [-0.1, -0.05) is 6.92 Å². The molecule has 0 spiro atoms. The van der Waals surface area contributed by atoms with Crippen LogP contribution in [0.3, 0.4) is 0 Å². The van der Waals surface area contributed by atoms with E-state index in [0.717, 1.165) is 57.1 Å². The lowest BCUT2D eigenvalue weighted by molar-refractivity contribution is 0.121. The van der Waals surface area contributed by atoms with Crippen LogP contribution in [0.15, 0.2) is 29.6 Å². The number of aromatic amines is 1. The number of ether oxygens (including phenoxy) is 1. The first-order valence-electron chi connectivity index (χ1n) is 8.58. The Hall–Kier alpha value is -1.99. The minimum absolute atomic E-state index is 0.104. The predicted molar refractivity (Wildman–Crippen MR) is 90.7 cm³/mol. The summed E-state index contributed by atoms with van der Waals surface area (Å²) in [4.78, 5) is 25.1. The Balaban J connectivity index is 1.64. The van der Waals surface area contributed by atoms with Crippen LogP contribution in [0.2, 0.25) is 0 Å². The van der Waals surface area contributed by atoms with Crippen LogP contribution in [0, 0.1) is 5.92 Å². The third kappa shape index (κ3) is 4.52. The SMILES string of the molecule is CCCn1ccnc1CN1CCOC[C@H](Cc2cc(=O)[nH]cn2)C1. The summed E-state index contributed by atoms with van der Waals surface area (Å²) in [6.45, 7) is 7.26. The molecule has 0 aliphatic carbocycles. The van der Waals surface area contributed by atoms with Crippen LogP contribution in [0.4, 0.5) is 0 Å². The Morgan fingerprint density at radius 3 is 3.17 bits per heavy atom. The van der Waals surface area contributed by atoms with Gasteiger partial charge in [0.05, 0.1) is 26.1 Å². The first-order valence-corrected chi connectivity index (χ1v) is 8.58. The van der Waals surface area contributed by atoms with Gasteiger partial charge < -0.3 is 14.3 Å². The summed E-state index contributed by atoms with van der Waals surface area (Å²) >= 11 is 0. The largest absolute Gasteiger partial charge is 0.380 e. The van der Waals surface area contributed by atoms with Crippen molar-refractivity contribution in [2.75, 3.05) is 26.3 Å². The van der Waals surface area contributed by atoms with Crippen molar-refractivity contribution in [3.05, 3.63) is 46.7 Å². The fourth-order valence-corrected chi connectivity index (χ4v) is 3.17. The molecule has 0 amide bonds. The zero-order valence-corrected chi connectivity index (χ0v) is 14.1. The normalized spacial score (nSPS) is 19.3. The molecule has 1 saturated heterocycles. The molecular weight excluding hydrogens is 306 g/mol. The lowest BCUT2D eigenvalue weighted by atomic mass is 10.0. The molecule has 7 heteroatoms. The number of nitrogens with zero attached hydrogens (tertiary/aromatic N) is 4. The molecule has 1 aliphatic rings. The van der Waals surface area contributed by atoms with Crippen LogP contribution in [0.25, 0.3) is 0 Å². The first kappa shape index (κ1) is 16.9. The number of hydrogen-bond donors (Lipinski definition) is 1. The monoisotopic (exact) mass is 331 g/mol. The zero-order chi connectivity index (χ0) is 16.8. The van der Waals surface area contributed by atoms with Gasteiger partial charge in [0.2, 0.25) is 0 Å². The van der Waals surface area contributed by atoms with E-state index in [4.69, 9.17) is 4.74 Å². The summed E-state index contributed by atoms with van der Waals surface area (Å²) in [5.41, 5.74) is 0.717. The Labute approximate surface area is 141 Å². The molecule has 0 bridgehead atoms. The van der Waals surface area contributed by atoms with E-state index in [1.165, 1.54) is 6.33 Å². The maximum Gasteiger partial charge on any atom is 0.250 e. The number of rotatable bonds is 6. The second-order valence-corrected chi connectivity index (χ2v) is 6.32. The molecule has 1 N–H and O–H groups in total. The minimum atomic E-state index is -0.104. The first-order chi connectivity index (χ1) is 11.7. The van der Waals surface area contributed by atoms with E-state index >= 15 is 0 Å². The van der Waals surface area contributed by atoms with Crippen molar-refractivity contribution in [1.82, 2.24) is 24.4 Å². The van der Waals surface area contributed by atoms with Gasteiger partial charge >= 0.3 is 0 Å². The summed E-state index contributed by atoms with van der Waals surface area (Å²) in [5, 5.41) is 0. The fourth-order valence-electron chi connectivity index (χ4n) is 3.17. The molecule has 1 aliphatic heterocycles. The van der Waals surface area contributed by atoms with Crippen LogP contribution in [-0.4, -0.2) is 50.7 Å². The highest BCUT2D eigenvalue weighted by atomic mass is 16.5. The average Bonchev–Trinajstić information content (AvgIpc) is 2.86. The van der Waals surface area contributed by atoms with Gasteiger partial charge in [0, 0.05) is 49.7 Å². The molecule has 1 fully saturated rings. The van der Waals surface area contributed by atoms with Gasteiger partial charge in [0.1, 0.15) is 5.82 Å². The number of hydrogen-bond acceptors (Lipinski definition) is 5. The highest BCUT2D eigenvalue weighted by Gasteiger charge is 2.21. The molecule has 130 valence electrons. The van der Waals surface area contributed by atoms with Gasteiger partial charge in [0.15, 0.2) is 0 Å². The van der Waals surface area contributed by atoms with Gasteiger partial charge in [-0.2, -0.15) is 0 Å². The minimum Gasteiger partial charge on any atom is -0.380 e. The van der Waals surface area contributed by atoms with E-state index in [-0.39, 0.29) is 5.56 Å². The number of imidazole rings is 1. The van der Waals surface area contributed by atoms with Gasteiger partial charge in [-0.05, 0) is 12.8 Å². The molecule has 3 rings (SSSR count). The van der Waals surface area contributed by atoms with Crippen LogP contribution in [-0.2, 0) is 24.2 Å². The van der Waals surface area contributed by atoms with Crippen molar-refractivity contribution >= 4 is 0 Å². The van der Waals surface area contributed by atoms with Crippen molar-refractivity contribution in [3.63, 3.8) is 0 Å². The van der Waals surface area contributed by atoms with Crippen molar-refractivity contribution in [2.24, 2.45) is 5.92 Å². The Morgan fingerprint density at radius 1 is 1.42 bits per heavy atom. The highest BCUT2D eigenvalue weighted by molar-refractivity contribution is 5.00. The van der Waals surface area contributed by atoms with Crippen molar-refractivity contribution in [2.45, 2.75) is 32.9 Å². The number of H-pyrrole nitrogens is 1. The number of aromatic nitrogens is 4. The van der Waals surface area contributed by atoms with E-state index in [0.29, 0.717) is 12.5 Å². The summed E-state index contributed by atoms with van der Waals surface area (Å²) < 4.78 is 7.98. The molecule has 0 saturated carbocycles. The van der Waals surface area contributed by atoms with Gasteiger partial charge in [0.25, 0.3) is 5.56 Å². The second-order valence-electron chi connectivity index (χ2n) is 6.32. The Bertz CT molecular complexity index is 696. The van der Waals surface area contributed by atoms with E-state index in [1.54, 1.807) is 6.07 Å². The Morgan fingerprint density at radius 2 is 2.33 bits per heavy atom. The third-order valence-corrected chi connectivity index (χ3v) is 4.29. The third-order valence-electron chi connectivity index (χ3n) is 4.29. The Kier molecular flexibility index (Phi) is 5.77. The molecule has 24 heavy (non-hydrogen) atoms. The molecule has 0 aromatic carbocycles.